The van der Waals surface area contributed by atoms with E-state index in [1.54, 1.807) is 0 Å². The highest BCUT2D eigenvalue weighted by atomic mass is 16.5. The quantitative estimate of drug-likeness (QED) is 0.870. The van der Waals surface area contributed by atoms with Gasteiger partial charge in [-0.2, -0.15) is 0 Å². The Morgan fingerprint density at radius 3 is 2.86 bits per heavy atom. The zero-order valence-corrected chi connectivity index (χ0v) is 13.4. The number of likely N-dealkylation sites (tertiary alicyclic amines) is 1. The number of rotatable bonds is 6. The third-order valence-corrected chi connectivity index (χ3v) is 4.95. The van der Waals surface area contributed by atoms with Crippen molar-refractivity contribution in [3.8, 4) is 5.75 Å². The summed E-state index contributed by atoms with van der Waals surface area (Å²) < 4.78 is 5.61. The smallest absolute Gasteiger partial charge is 0.122 e. The molecule has 2 unspecified atom stereocenters. The lowest BCUT2D eigenvalue weighted by Crippen LogP contribution is -2.39. The summed E-state index contributed by atoms with van der Waals surface area (Å²) in [6, 6.07) is 7.81. The molecule has 21 heavy (non-hydrogen) atoms. The molecule has 1 N–H and O–H groups in total. The van der Waals surface area contributed by atoms with E-state index in [-0.39, 0.29) is 0 Å². The molecule has 0 saturated carbocycles. The fourth-order valence-corrected chi connectivity index (χ4v) is 3.55. The van der Waals surface area contributed by atoms with E-state index in [0.717, 1.165) is 31.7 Å². The predicted molar refractivity (Wildman–Crippen MR) is 86.9 cm³/mol. The zero-order chi connectivity index (χ0) is 14.7. The second-order valence-electron chi connectivity index (χ2n) is 6.43. The highest BCUT2D eigenvalue weighted by molar-refractivity contribution is 5.40. The van der Waals surface area contributed by atoms with Crippen LogP contribution in [-0.2, 0) is 6.42 Å². The van der Waals surface area contributed by atoms with Crippen molar-refractivity contribution in [1.82, 2.24) is 10.2 Å². The van der Waals surface area contributed by atoms with E-state index in [4.69, 9.17) is 4.74 Å². The summed E-state index contributed by atoms with van der Waals surface area (Å²) in [6.45, 7) is 9.08. The molecule has 2 heterocycles. The third-order valence-electron chi connectivity index (χ3n) is 4.95. The van der Waals surface area contributed by atoms with E-state index in [1.165, 1.54) is 37.1 Å². The molecule has 2 aliphatic heterocycles. The molecule has 3 heteroatoms. The SMILES string of the molecule is CCC(NCC(C)N1CCCC1)c1ccc2c(c1)CCO2. The van der Waals surface area contributed by atoms with Crippen LogP contribution in [0.5, 0.6) is 5.75 Å². The molecular formula is C18H28N2O. The maximum Gasteiger partial charge on any atom is 0.122 e. The number of nitrogens with one attached hydrogen (secondary N) is 1. The lowest BCUT2D eigenvalue weighted by molar-refractivity contribution is 0.245. The molecule has 0 amide bonds. The maximum absolute atomic E-state index is 5.61. The Morgan fingerprint density at radius 2 is 2.10 bits per heavy atom. The van der Waals surface area contributed by atoms with Crippen molar-refractivity contribution in [1.29, 1.82) is 0 Å². The van der Waals surface area contributed by atoms with Gasteiger partial charge in [0.05, 0.1) is 6.61 Å². The summed E-state index contributed by atoms with van der Waals surface area (Å²) in [6.07, 6.45) is 4.93. The van der Waals surface area contributed by atoms with Crippen LogP contribution in [0.4, 0.5) is 0 Å². The van der Waals surface area contributed by atoms with Crippen LogP contribution in [0.15, 0.2) is 18.2 Å². The van der Waals surface area contributed by atoms with Crippen LogP contribution in [0.25, 0.3) is 0 Å². The van der Waals surface area contributed by atoms with Crippen LogP contribution in [-0.4, -0.2) is 37.2 Å². The molecule has 1 aromatic carbocycles. The third kappa shape index (κ3) is 3.41. The van der Waals surface area contributed by atoms with Gasteiger partial charge in [-0.05, 0) is 56.5 Å². The molecule has 2 atom stereocenters. The van der Waals surface area contributed by atoms with Crippen LogP contribution in [0.1, 0.15) is 50.3 Å². The van der Waals surface area contributed by atoms with Gasteiger partial charge < -0.3 is 10.1 Å². The number of hydrogen-bond acceptors (Lipinski definition) is 3. The van der Waals surface area contributed by atoms with E-state index >= 15 is 0 Å². The van der Waals surface area contributed by atoms with E-state index in [0.29, 0.717) is 12.1 Å². The summed E-state index contributed by atoms with van der Waals surface area (Å²) in [7, 11) is 0. The Bertz CT molecular complexity index is 468. The molecule has 0 spiro atoms. The Balaban J connectivity index is 1.59. The van der Waals surface area contributed by atoms with Crippen molar-refractivity contribution < 1.29 is 4.74 Å². The van der Waals surface area contributed by atoms with Crippen molar-refractivity contribution >= 4 is 0 Å². The Hall–Kier alpha value is -1.06. The number of benzene rings is 1. The van der Waals surface area contributed by atoms with Gasteiger partial charge in [-0.3, -0.25) is 4.90 Å². The van der Waals surface area contributed by atoms with Crippen molar-refractivity contribution in [2.24, 2.45) is 0 Å². The van der Waals surface area contributed by atoms with Gasteiger partial charge in [0.2, 0.25) is 0 Å². The van der Waals surface area contributed by atoms with Gasteiger partial charge in [-0.25, -0.2) is 0 Å². The molecule has 3 rings (SSSR count). The Morgan fingerprint density at radius 1 is 1.29 bits per heavy atom. The Kier molecular flexibility index (Phi) is 4.81. The molecular weight excluding hydrogens is 260 g/mol. The van der Waals surface area contributed by atoms with Crippen LogP contribution in [0.2, 0.25) is 0 Å². The highest BCUT2D eigenvalue weighted by Gasteiger charge is 2.20. The van der Waals surface area contributed by atoms with Crippen molar-refractivity contribution in [3.05, 3.63) is 29.3 Å². The lowest BCUT2D eigenvalue weighted by Gasteiger charge is -2.27. The van der Waals surface area contributed by atoms with Gasteiger partial charge in [-0.15, -0.1) is 0 Å². The van der Waals surface area contributed by atoms with Gasteiger partial charge in [0, 0.05) is 25.0 Å². The van der Waals surface area contributed by atoms with Gasteiger partial charge in [-0.1, -0.05) is 19.1 Å². The normalized spacial score (nSPS) is 21.0. The number of fused-ring (bicyclic) bond motifs is 1. The van der Waals surface area contributed by atoms with Crippen LogP contribution in [0.3, 0.4) is 0 Å². The van der Waals surface area contributed by atoms with Crippen molar-refractivity contribution in [2.75, 3.05) is 26.2 Å². The second kappa shape index (κ2) is 6.80. The molecule has 1 fully saturated rings. The second-order valence-corrected chi connectivity index (χ2v) is 6.43. The summed E-state index contributed by atoms with van der Waals surface area (Å²) in [5.41, 5.74) is 2.79. The standard InChI is InChI=1S/C18H28N2O/c1-3-17(19-13-14(2)20-9-4-5-10-20)15-6-7-18-16(12-15)8-11-21-18/h6-7,12,14,17,19H,3-5,8-11,13H2,1-2H3. The minimum atomic E-state index is 0.459. The summed E-state index contributed by atoms with van der Waals surface area (Å²) in [5, 5.41) is 3.77. The van der Waals surface area contributed by atoms with E-state index in [2.05, 4.69) is 42.3 Å². The largest absolute Gasteiger partial charge is 0.493 e. The highest BCUT2D eigenvalue weighted by Crippen LogP contribution is 2.29. The van der Waals surface area contributed by atoms with Gasteiger partial charge >= 0.3 is 0 Å². The van der Waals surface area contributed by atoms with E-state index in [1.807, 2.05) is 0 Å². The van der Waals surface area contributed by atoms with E-state index < -0.39 is 0 Å². The maximum atomic E-state index is 5.61. The first-order valence-corrected chi connectivity index (χ1v) is 8.51. The number of ether oxygens (including phenoxy) is 1. The number of nitrogens with zero attached hydrogens (tertiary/aromatic N) is 1. The minimum Gasteiger partial charge on any atom is -0.493 e. The number of hydrogen-bond donors (Lipinski definition) is 1. The van der Waals surface area contributed by atoms with Gasteiger partial charge in [0.1, 0.15) is 5.75 Å². The first-order chi connectivity index (χ1) is 10.3. The average molecular weight is 288 g/mol. The summed E-state index contributed by atoms with van der Waals surface area (Å²) in [4.78, 5) is 2.61. The monoisotopic (exact) mass is 288 g/mol. The summed E-state index contributed by atoms with van der Waals surface area (Å²) in [5.74, 6) is 1.08. The van der Waals surface area contributed by atoms with Gasteiger partial charge in [0.25, 0.3) is 0 Å². The molecule has 3 nitrogen and oxygen atoms in total. The minimum absolute atomic E-state index is 0.459. The summed E-state index contributed by atoms with van der Waals surface area (Å²) >= 11 is 0. The van der Waals surface area contributed by atoms with Crippen LogP contribution < -0.4 is 10.1 Å². The van der Waals surface area contributed by atoms with Crippen LogP contribution in [0, 0.1) is 0 Å². The lowest BCUT2D eigenvalue weighted by atomic mass is 10.0. The molecule has 0 aliphatic carbocycles. The molecule has 116 valence electrons. The van der Waals surface area contributed by atoms with Gasteiger partial charge in [0.15, 0.2) is 0 Å². The molecule has 1 aromatic rings. The molecule has 0 bridgehead atoms. The first-order valence-electron chi connectivity index (χ1n) is 8.51. The first kappa shape index (κ1) is 14.9. The fourth-order valence-electron chi connectivity index (χ4n) is 3.55. The van der Waals surface area contributed by atoms with E-state index in [9.17, 15) is 0 Å². The molecule has 0 aromatic heterocycles. The fraction of sp³-hybridized carbons (Fsp3) is 0.667. The zero-order valence-electron chi connectivity index (χ0n) is 13.4. The van der Waals surface area contributed by atoms with Crippen molar-refractivity contribution in [3.63, 3.8) is 0 Å². The molecule has 0 radical (unpaired) electrons. The van der Waals surface area contributed by atoms with Crippen molar-refractivity contribution in [2.45, 2.75) is 51.6 Å². The Labute approximate surface area is 128 Å². The van der Waals surface area contributed by atoms with Crippen LogP contribution >= 0.6 is 0 Å². The molecule has 2 aliphatic rings. The topological polar surface area (TPSA) is 24.5 Å². The predicted octanol–water partition coefficient (Wildman–Crippen LogP) is 3.15. The average Bonchev–Trinajstić information content (AvgIpc) is 3.18. The molecule has 1 saturated heterocycles.